The van der Waals surface area contributed by atoms with Gasteiger partial charge in [-0.2, -0.15) is 0 Å². The first-order valence-electron chi connectivity index (χ1n) is 6.60. The molecule has 0 saturated carbocycles. The van der Waals surface area contributed by atoms with Crippen molar-refractivity contribution >= 4 is 10.0 Å². The number of hydrogen-bond acceptors (Lipinski definition) is 3. The normalized spacial score (nSPS) is 20.7. The number of nitrogens with one attached hydrogen (secondary N) is 2. The molecule has 0 amide bonds. The lowest BCUT2D eigenvalue weighted by atomic mass is 10.0. The Hall–Kier alpha value is -0.130. The van der Waals surface area contributed by atoms with Crippen LogP contribution in [0.2, 0.25) is 0 Å². The molecule has 1 rings (SSSR count). The van der Waals surface area contributed by atoms with E-state index in [0.717, 1.165) is 32.4 Å². The molecular weight excluding hydrogens is 236 g/mol. The van der Waals surface area contributed by atoms with Gasteiger partial charge < -0.3 is 5.32 Å². The van der Waals surface area contributed by atoms with Crippen molar-refractivity contribution in [2.45, 2.75) is 46.1 Å². The third-order valence-corrected chi connectivity index (χ3v) is 4.79. The van der Waals surface area contributed by atoms with Crippen molar-refractivity contribution in [2.75, 3.05) is 18.8 Å². The summed E-state index contributed by atoms with van der Waals surface area (Å²) in [6.45, 7) is 8.05. The molecule has 0 aromatic heterocycles. The maximum absolute atomic E-state index is 12.0. The molecule has 0 aliphatic carbocycles. The van der Waals surface area contributed by atoms with Crippen molar-refractivity contribution in [1.29, 1.82) is 0 Å². The molecule has 17 heavy (non-hydrogen) atoms. The Morgan fingerprint density at radius 2 is 1.82 bits per heavy atom. The van der Waals surface area contributed by atoms with Crippen LogP contribution in [-0.2, 0) is 10.0 Å². The molecule has 5 heteroatoms. The quantitative estimate of drug-likeness (QED) is 0.759. The highest BCUT2D eigenvalue weighted by molar-refractivity contribution is 7.89. The predicted octanol–water partition coefficient (Wildman–Crippen LogP) is 1.34. The van der Waals surface area contributed by atoms with Crippen LogP contribution in [0.1, 0.15) is 40.0 Å². The van der Waals surface area contributed by atoms with Gasteiger partial charge in [-0.1, -0.05) is 13.8 Å². The highest BCUT2D eigenvalue weighted by Gasteiger charge is 2.22. The van der Waals surface area contributed by atoms with E-state index in [1.54, 1.807) is 0 Å². The SMILES string of the molecule is CC(C)CC(C)NS(=O)(=O)CC1CCNCC1. The largest absolute Gasteiger partial charge is 0.317 e. The molecule has 1 aliphatic rings. The molecule has 1 heterocycles. The van der Waals surface area contributed by atoms with Gasteiger partial charge in [0.25, 0.3) is 0 Å². The minimum atomic E-state index is -3.10. The summed E-state index contributed by atoms with van der Waals surface area (Å²) in [4.78, 5) is 0. The molecule has 1 unspecified atom stereocenters. The second-order valence-electron chi connectivity index (χ2n) is 5.62. The van der Waals surface area contributed by atoms with Crippen LogP contribution in [0.25, 0.3) is 0 Å². The summed E-state index contributed by atoms with van der Waals surface area (Å²) in [5.74, 6) is 1.13. The zero-order chi connectivity index (χ0) is 12.9. The fourth-order valence-electron chi connectivity index (χ4n) is 2.47. The fourth-order valence-corrected chi connectivity index (χ4v) is 4.23. The van der Waals surface area contributed by atoms with Crippen molar-refractivity contribution in [3.63, 3.8) is 0 Å². The Morgan fingerprint density at radius 3 is 2.35 bits per heavy atom. The first-order valence-corrected chi connectivity index (χ1v) is 8.25. The van der Waals surface area contributed by atoms with Crippen LogP contribution in [0.4, 0.5) is 0 Å². The average Bonchev–Trinajstić information content (AvgIpc) is 2.15. The first-order chi connectivity index (χ1) is 7.89. The third kappa shape index (κ3) is 6.38. The van der Waals surface area contributed by atoms with Crippen LogP contribution in [0.15, 0.2) is 0 Å². The molecule has 4 nitrogen and oxygen atoms in total. The summed E-state index contributed by atoms with van der Waals surface area (Å²) in [6.07, 6.45) is 2.84. The van der Waals surface area contributed by atoms with Crippen LogP contribution >= 0.6 is 0 Å². The zero-order valence-corrected chi connectivity index (χ0v) is 12.0. The van der Waals surface area contributed by atoms with Gasteiger partial charge in [0, 0.05) is 6.04 Å². The van der Waals surface area contributed by atoms with Crippen molar-refractivity contribution in [3.05, 3.63) is 0 Å². The molecule has 0 aromatic carbocycles. The lowest BCUT2D eigenvalue weighted by molar-refractivity contribution is 0.398. The smallest absolute Gasteiger partial charge is 0.212 e. The molecule has 102 valence electrons. The van der Waals surface area contributed by atoms with Gasteiger partial charge in [-0.05, 0) is 51.1 Å². The van der Waals surface area contributed by atoms with E-state index in [1.165, 1.54) is 0 Å². The van der Waals surface area contributed by atoms with Crippen molar-refractivity contribution in [1.82, 2.24) is 10.0 Å². The summed E-state index contributed by atoms with van der Waals surface area (Å²) >= 11 is 0. The van der Waals surface area contributed by atoms with Crippen molar-refractivity contribution in [3.8, 4) is 0 Å². The number of rotatable bonds is 6. The summed E-state index contributed by atoms with van der Waals surface area (Å²) in [6, 6.07) is 0.0433. The molecule has 0 aromatic rings. The maximum Gasteiger partial charge on any atom is 0.212 e. The third-order valence-electron chi connectivity index (χ3n) is 3.12. The monoisotopic (exact) mass is 262 g/mol. The van der Waals surface area contributed by atoms with Gasteiger partial charge in [-0.15, -0.1) is 0 Å². The van der Waals surface area contributed by atoms with Crippen molar-refractivity contribution < 1.29 is 8.42 Å². The maximum atomic E-state index is 12.0. The topological polar surface area (TPSA) is 58.2 Å². The van der Waals surface area contributed by atoms with E-state index in [0.29, 0.717) is 11.8 Å². The molecule has 1 atom stereocenters. The summed E-state index contributed by atoms with van der Waals surface area (Å²) in [5, 5.41) is 3.25. The molecular formula is C12H26N2O2S. The molecule has 0 spiro atoms. The van der Waals surface area contributed by atoms with Gasteiger partial charge in [0.2, 0.25) is 10.0 Å². The Kier molecular flexibility index (Phi) is 5.89. The van der Waals surface area contributed by atoms with E-state index in [1.807, 2.05) is 6.92 Å². The Bertz CT molecular complexity index is 308. The number of sulfonamides is 1. The standard InChI is InChI=1S/C12H26N2O2S/c1-10(2)8-11(3)14-17(15,16)9-12-4-6-13-7-5-12/h10-14H,4-9H2,1-3H3. The lowest BCUT2D eigenvalue weighted by Gasteiger charge is -2.23. The fraction of sp³-hybridized carbons (Fsp3) is 1.00. The summed E-state index contributed by atoms with van der Waals surface area (Å²) < 4.78 is 26.7. The van der Waals surface area contributed by atoms with Gasteiger partial charge in [0.1, 0.15) is 0 Å². The predicted molar refractivity (Wildman–Crippen MR) is 71.4 cm³/mol. The van der Waals surface area contributed by atoms with E-state index in [4.69, 9.17) is 0 Å². The Labute approximate surface area is 106 Å². The van der Waals surface area contributed by atoms with Crippen LogP contribution in [0.3, 0.4) is 0 Å². The lowest BCUT2D eigenvalue weighted by Crippen LogP contribution is -2.39. The van der Waals surface area contributed by atoms with Crippen LogP contribution in [0, 0.1) is 11.8 Å². The van der Waals surface area contributed by atoms with Crippen molar-refractivity contribution in [2.24, 2.45) is 11.8 Å². The Morgan fingerprint density at radius 1 is 1.24 bits per heavy atom. The second kappa shape index (κ2) is 6.71. The molecule has 0 radical (unpaired) electrons. The molecule has 2 N–H and O–H groups in total. The minimum Gasteiger partial charge on any atom is -0.317 e. The summed E-state index contributed by atoms with van der Waals surface area (Å²) in [7, 11) is -3.10. The number of piperidine rings is 1. The highest BCUT2D eigenvalue weighted by atomic mass is 32.2. The summed E-state index contributed by atoms with van der Waals surface area (Å²) in [5.41, 5.74) is 0. The van der Waals surface area contributed by atoms with Gasteiger partial charge in [0.05, 0.1) is 5.75 Å². The molecule has 1 aliphatic heterocycles. The van der Waals surface area contributed by atoms with E-state index >= 15 is 0 Å². The van der Waals surface area contributed by atoms with Gasteiger partial charge in [0.15, 0.2) is 0 Å². The minimum absolute atomic E-state index is 0.0433. The zero-order valence-electron chi connectivity index (χ0n) is 11.2. The van der Waals surface area contributed by atoms with Gasteiger partial charge >= 0.3 is 0 Å². The number of hydrogen-bond donors (Lipinski definition) is 2. The van der Waals surface area contributed by atoms with Crippen LogP contribution in [-0.4, -0.2) is 33.3 Å². The second-order valence-corrected chi connectivity index (χ2v) is 7.42. The van der Waals surface area contributed by atoms with E-state index < -0.39 is 10.0 Å². The molecule has 1 fully saturated rings. The highest BCUT2D eigenvalue weighted by Crippen LogP contribution is 2.14. The first kappa shape index (κ1) is 14.9. The van der Waals surface area contributed by atoms with E-state index in [2.05, 4.69) is 23.9 Å². The van der Waals surface area contributed by atoms with Crippen LogP contribution < -0.4 is 10.0 Å². The molecule has 1 saturated heterocycles. The Balaban J connectivity index is 2.39. The molecule has 0 bridgehead atoms. The van der Waals surface area contributed by atoms with Gasteiger partial charge in [-0.25, -0.2) is 13.1 Å². The van der Waals surface area contributed by atoms with Gasteiger partial charge in [-0.3, -0.25) is 0 Å². The average molecular weight is 262 g/mol. The van der Waals surface area contributed by atoms with E-state index in [9.17, 15) is 8.42 Å². The van der Waals surface area contributed by atoms with Crippen LogP contribution in [0.5, 0.6) is 0 Å². The van der Waals surface area contributed by atoms with E-state index in [-0.39, 0.29) is 11.8 Å².